The highest BCUT2D eigenvalue weighted by Gasteiger charge is 2.26. The van der Waals surface area contributed by atoms with Crippen LogP contribution in [-0.2, 0) is 4.79 Å². The van der Waals surface area contributed by atoms with E-state index < -0.39 is 5.82 Å². The molecule has 1 aliphatic heterocycles. The zero-order chi connectivity index (χ0) is 16.1. The van der Waals surface area contributed by atoms with E-state index in [1.807, 2.05) is 4.90 Å². The van der Waals surface area contributed by atoms with E-state index in [0.29, 0.717) is 17.5 Å². The number of amides is 1. The van der Waals surface area contributed by atoms with Gasteiger partial charge in [-0.05, 0) is 25.7 Å². The second-order valence-corrected chi connectivity index (χ2v) is 7.41. The number of likely N-dealkylation sites (tertiary alicyclic amines) is 1. The van der Waals surface area contributed by atoms with Crippen molar-refractivity contribution in [2.24, 2.45) is 0 Å². The lowest BCUT2D eigenvalue weighted by atomic mass is 10.1. The molecule has 126 valence electrons. The van der Waals surface area contributed by atoms with Gasteiger partial charge >= 0.3 is 6.01 Å². The van der Waals surface area contributed by atoms with Crippen molar-refractivity contribution >= 4 is 17.7 Å². The van der Waals surface area contributed by atoms with Crippen LogP contribution in [0, 0.1) is 5.82 Å². The Bertz CT molecular complexity index is 523. The minimum atomic E-state index is -0.485. The summed E-state index contributed by atoms with van der Waals surface area (Å²) in [5, 5.41) is 0.656. The summed E-state index contributed by atoms with van der Waals surface area (Å²) in [5.74, 6) is 0.265. The van der Waals surface area contributed by atoms with Gasteiger partial charge in [-0.2, -0.15) is 0 Å². The van der Waals surface area contributed by atoms with E-state index in [1.54, 1.807) is 11.8 Å². The quantitative estimate of drug-likeness (QED) is 0.825. The molecular formula is C16H22FN3O2S. The number of ether oxygens (including phenoxy) is 1. The Morgan fingerprint density at radius 2 is 2.00 bits per heavy atom. The third-order valence-corrected chi connectivity index (χ3v) is 5.70. The highest BCUT2D eigenvalue weighted by molar-refractivity contribution is 8.00. The van der Waals surface area contributed by atoms with Gasteiger partial charge in [0, 0.05) is 11.8 Å². The second kappa shape index (κ2) is 7.95. The van der Waals surface area contributed by atoms with Crippen molar-refractivity contribution in [2.45, 2.75) is 49.9 Å². The number of hydrogen-bond acceptors (Lipinski definition) is 5. The summed E-state index contributed by atoms with van der Waals surface area (Å²) in [7, 11) is 0. The van der Waals surface area contributed by atoms with E-state index >= 15 is 0 Å². The minimum Gasteiger partial charge on any atom is -0.458 e. The number of aromatic nitrogens is 2. The van der Waals surface area contributed by atoms with Gasteiger partial charge in [-0.3, -0.25) is 4.79 Å². The molecule has 2 heterocycles. The highest BCUT2D eigenvalue weighted by Crippen LogP contribution is 2.29. The van der Waals surface area contributed by atoms with Crippen LogP contribution in [0.1, 0.15) is 38.5 Å². The number of carbonyl (C=O) groups excluding carboxylic acids is 1. The molecule has 1 saturated heterocycles. The summed E-state index contributed by atoms with van der Waals surface area (Å²) in [4.78, 5) is 21.9. The van der Waals surface area contributed by atoms with Crippen molar-refractivity contribution < 1.29 is 13.9 Å². The number of carbonyl (C=O) groups is 1. The van der Waals surface area contributed by atoms with Crippen LogP contribution in [-0.4, -0.2) is 51.0 Å². The van der Waals surface area contributed by atoms with E-state index in [-0.39, 0.29) is 18.0 Å². The SMILES string of the molecule is O=C(CSC1CCCC1)N1CCCC(Oc2ncc(F)cn2)C1. The maximum absolute atomic E-state index is 12.8. The van der Waals surface area contributed by atoms with Crippen molar-refractivity contribution in [3.63, 3.8) is 0 Å². The first-order valence-electron chi connectivity index (χ1n) is 8.24. The molecule has 0 bridgehead atoms. The first kappa shape index (κ1) is 16.5. The van der Waals surface area contributed by atoms with Crippen molar-refractivity contribution in [3.05, 3.63) is 18.2 Å². The molecule has 1 saturated carbocycles. The lowest BCUT2D eigenvalue weighted by molar-refractivity contribution is -0.131. The molecule has 1 aromatic heterocycles. The molecule has 2 fully saturated rings. The van der Waals surface area contributed by atoms with Crippen molar-refractivity contribution in [1.82, 2.24) is 14.9 Å². The fourth-order valence-corrected chi connectivity index (χ4v) is 4.33. The lowest BCUT2D eigenvalue weighted by Gasteiger charge is -2.32. The summed E-state index contributed by atoms with van der Waals surface area (Å²) in [6, 6.07) is 0.172. The highest BCUT2D eigenvalue weighted by atomic mass is 32.2. The molecule has 0 N–H and O–H groups in total. The first-order chi connectivity index (χ1) is 11.2. The fraction of sp³-hybridized carbons (Fsp3) is 0.688. The monoisotopic (exact) mass is 339 g/mol. The molecule has 0 aromatic carbocycles. The van der Waals surface area contributed by atoms with Gasteiger partial charge < -0.3 is 9.64 Å². The summed E-state index contributed by atoms with van der Waals surface area (Å²) in [5.41, 5.74) is 0. The Morgan fingerprint density at radius 1 is 1.26 bits per heavy atom. The molecule has 1 atom stereocenters. The van der Waals surface area contributed by atoms with Gasteiger partial charge in [0.2, 0.25) is 5.91 Å². The van der Waals surface area contributed by atoms with Crippen molar-refractivity contribution in [3.8, 4) is 6.01 Å². The van der Waals surface area contributed by atoms with Gasteiger partial charge in [0.05, 0.1) is 24.7 Å². The summed E-state index contributed by atoms with van der Waals surface area (Å²) in [6.45, 7) is 1.35. The fourth-order valence-electron chi connectivity index (χ4n) is 3.11. The number of halogens is 1. The topological polar surface area (TPSA) is 55.3 Å². The van der Waals surface area contributed by atoms with E-state index in [1.165, 1.54) is 25.7 Å². The minimum absolute atomic E-state index is 0.116. The number of nitrogens with zero attached hydrogens (tertiary/aromatic N) is 3. The zero-order valence-corrected chi connectivity index (χ0v) is 13.9. The molecular weight excluding hydrogens is 317 g/mol. The number of thioether (sulfide) groups is 1. The zero-order valence-electron chi connectivity index (χ0n) is 13.1. The first-order valence-corrected chi connectivity index (χ1v) is 9.29. The largest absolute Gasteiger partial charge is 0.458 e. The molecule has 7 heteroatoms. The molecule has 1 unspecified atom stereocenters. The molecule has 1 aliphatic carbocycles. The Labute approximate surface area is 140 Å². The molecule has 1 amide bonds. The lowest BCUT2D eigenvalue weighted by Crippen LogP contribution is -2.45. The molecule has 5 nitrogen and oxygen atoms in total. The summed E-state index contributed by atoms with van der Waals surface area (Å²) >= 11 is 1.79. The molecule has 3 rings (SSSR count). The van der Waals surface area contributed by atoms with Crippen LogP contribution >= 0.6 is 11.8 Å². The van der Waals surface area contributed by atoms with Crippen LogP contribution < -0.4 is 4.74 Å². The maximum Gasteiger partial charge on any atom is 0.316 e. The van der Waals surface area contributed by atoms with Gasteiger partial charge in [-0.15, -0.1) is 11.8 Å². The van der Waals surface area contributed by atoms with Crippen LogP contribution in [0.2, 0.25) is 0 Å². The van der Waals surface area contributed by atoms with Crippen LogP contribution in [0.3, 0.4) is 0 Å². The third kappa shape index (κ3) is 4.80. The van der Waals surface area contributed by atoms with E-state index in [4.69, 9.17) is 4.74 Å². The maximum atomic E-state index is 12.8. The number of rotatable bonds is 5. The smallest absolute Gasteiger partial charge is 0.316 e. The molecule has 2 aliphatic rings. The molecule has 0 spiro atoms. The molecule has 23 heavy (non-hydrogen) atoms. The predicted octanol–water partition coefficient (Wildman–Crippen LogP) is 2.66. The summed E-state index contributed by atoms with van der Waals surface area (Å²) in [6.07, 6.45) is 8.91. The van der Waals surface area contributed by atoms with E-state index in [2.05, 4.69) is 9.97 Å². The van der Waals surface area contributed by atoms with Crippen LogP contribution in [0.25, 0.3) is 0 Å². The average Bonchev–Trinajstić information content (AvgIpc) is 3.08. The van der Waals surface area contributed by atoms with E-state index in [9.17, 15) is 9.18 Å². The van der Waals surface area contributed by atoms with Crippen LogP contribution in [0.15, 0.2) is 12.4 Å². The molecule has 1 aromatic rings. The van der Waals surface area contributed by atoms with Gasteiger partial charge in [0.1, 0.15) is 6.10 Å². The van der Waals surface area contributed by atoms with Gasteiger partial charge in [-0.1, -0.05) is 12.8 Å². The van der Waals surface area contributed by atoms with Gasteiger partial charge in [-0.25, -0.2) is 14.4 Å². The Morgan fingerprint density at radius 3 is 2.74 bits per heavy atom. The Balaban J connectivity index is 1.46. The van der Waals surface area contributed by atoms with Crippen molar-refractivity contribution in [2.75, 3.05) is 18.8 Å². The van der Waals surface area contributed by atoms with E-state index in [0.717, 1.165) is 31.8 Å². The number of piperidine rings is 1. The second-order valence-electron chi connectivity index (χ2n) is 6.12. The third-order valence-electron chi connectivity index (χ3n) is 4.34. The predicted molar refractivity (Wildman–Crippen MR) is 86.9 cm³/mol. The van der Waals surface area contributed by atoms with Crippen molar-refractivity contribution in [1.29, 1.82) is 0 Å². The number of hydrogen-bond donors (Lipinski definition) is 0. The Kier molecular flexibility index (Phi) is 5.70. The van der Waals surface area contributed by atoms with Gasteiger partial charge in [0.15, 0.2) is 5.82 Å². The molecule has 0 radical (unpaired) electrons. The average molecular weight is 339 g/mol. The van der Waals surface area contributed by atoms with Gasteiger partial charge in [0.25, 0.3) is 0 Å². The standard InChI is InChI=1S/C16H22FN3O2S/c17-12-8-18-16(19-9-12)22-13-4-3-7-20(10-13)15(21)11-23-14-5-1-2-6-14/h8-9,13-14H,1-7,10-11H2. The Hall–Kier alpha value is -1.37. The summed E-state index contributed by atoms with van der Waals surface area (Å²) < 4.78 is 18.5. The van der Waals surface area contributed by atoms with Crippen LogP contribution in [0.4, 0.5) is 4.39 Å². The normalized spacial score (nSPS) is 22.3. The van der Waals surface area contributed by atoms with Crippen LogP contribution in [0.5, 0.6) is 6.01 Å².